The van der Waals surface area contributed by atoms with Crippen molar-refractivity contribution in [2.45, 2.75) is 13.5 Å². The van der Waals surface area contributed by atoms with Crippen LogP contribution < -0.4 is 5.73 Å². The highest BCUT2D eigenvalue weighted by Gasteiger charge is 2.00. The van der Waals surface area contributed by atoms with Gasteiger partial charge in [-0.2, -0.15) is 0 Å². The molecule has 0 bridgehead atoms. The first-order chi connectivity index (χ1) is 7.24. The lowest BCUT2D eigenvalue weighted by molar-refractivity contribution is 0.0455. The van der Waals surface area contributed by atoms with E-state index in [1.165, 1.54) is 12.1 Å². The molecule has 3 nitrogen and oxygen atoms in total. The third-order valence-electron chi connectivity index (χ3n) is 1.94. The molecule has 0 saturated heterocycles. The summed E-state index contributed by atoms with van der Waals surface area (Å²) < 4.78 is 23.1. The van der Waals surface area contributed by atoms with Gasteiger partial charge in [-0.1, -0.05) is 6.07 Å². The summed E-state index contributed by atoms with van der Waals surface area (Å²) in [5, 5.41) is 0. The molecule has 2 N–H and O–H groups in total. The van der Waals surface area contributed by atoms with E-state index in [9.17, 15) is 4.39 Å². The quantitative estimate of drug-likeness (QED) is 0.580. The first-order valence-electron chi connectivity index (χ1n) is 4.93. The Morgan fingerprint density at radius 1 is 1.27 bits per heavy atom. The molecule has 15 heavy (non-hydrogen) atoms. The molecule has 1 aromatic carbocycles. The molecule has 0 fully saturated rings. The minimum atomic E-state index is -0.328. The molecule has 0 aromatic heterocycles. The van der Waals surface area contributed by atoms with E-state index in [1.807, 2.05) is 6.92 Å². The summed E-state index contributed by atoms with van der Waals surface area (Å²) >= 11 is 0. The predicted octanol–water partition coefficient (Wildman–Crippen LogP) is 1.96. The van der Waals surface area contributed by atoms with Crippen LogP contribution in [0.15, 0.2) is 18.2 Å². The SMILES string of the molecule is CCOCCOCc1ccc(F)cc1N. The monoisotopic (exact) mass is 213 g/mol. The predicted molar refractivity (Wildman–Crippen MR) is 57.0 cm³/mol. The number of ether oxygens (including phenoxy) is 2. The van der Waals surface area contributed by atoms with Crippen molar-refractivity contribution in [2.75, 3.05) is 25.6 Å². The second-order valence-electron chi connectivity index (χ2n) is 3.09. The topological polar surface area (TPSA) is 44.5 Å². The standard InChI is InChI=1S/C11H16FNO2/c1-2-14-5-6-15-8-9-3-4-10(12)7-11(9)13/h3-4,7H,2,5-6,8,13H2,1H3. The number of hydrogen-bond acceptors (Lipinski definition) is 3. The molecule has 0 spiro atoms. The van der Waals surface area contributed by atoms with Crippen molar-refractivity contribution in [3.63, 3.8) is 0 Å². The van der Waals surface area contributed by atoms with E-state index in [2.05, 4.69) is 0 Å². The Labute approximate surface area is 89.0 Å². The molecule has 0 saturated carbocycles. The fourth-order valence-electron chi connectivity index (χ4n) is 1.14. The number of anilines is 1. The maximum absolute atomic E-state index is 12.7. The van der Waals surface area contributed by atoms with Crippen LogP contribution >= 0.6 is 0 Å². The van der Waals surface area contributed by atoms with Crippen LogP contribution in [0.25, 0.3) is 0 Å². The van der Waals surface area contributed by atoms with Crippen LogP contribution in [-0.2, 0) is 16.1 Å². The lowest BCUT2D eigenvalue weighted by atomic mass is 10.2. The van der Waals surface area contributed by atoms with Crippen molar-refractivity contribution < 1.29 is 13.9 Å². The van der Waals surface area contributed by atoms with E-state index in [0.717, 1.165) is 5.56 Å². The number of halogens is 1. The van der Waals surface area contributed by atoms with Gasteiger partial charge < -0.3 is 15.2 Å². The van der Waals surface area contributed by atoms with Gasteiger partial charge in [0.1, 0.15) is 5.82 Å². The second kappa shape index (κ2) is 6.37. The molecule has 0 unspecified atom stereocenters. The molecule has 0 aliphatic rings. The third kappa shape index (κ3) is 4.27. The third-order valence-corrected chi connectivity index (χ3v) is 1.94. The maximum Gasteiger partial charge on any atom is 0.125 e. The molecule has 84 valence electrons. The zero-order chi connectivity index (χ0) is 11.1. The van der Waals surface area contributed by atoms with Gasteiger partial charge in [-0.05, 0) is 19.1 Å². The molecule has 0 radical (unpaired) electrons. The molecular formula is C11H16FNO2. The van der Waals surface area contributed by atoms with Crippen molar-refractivity contribution in [3.8, 4) is 0 Å². The van der Waals surface area contributed by atoms with Crippen LogP contribution in [0.5, 0.6) is 0 Å². The largest absolute Gasteiger partial charge is 0.398 e. The average Bonchev–Trinajstić information content (AvgIpc) is 2.20. The van der Waals surface area contributed by atoms with Gasteiger partial charge in [0.05, 0.1) is 19.8 Å². The van der Waals surface area contributed by atoms with Gasteiger partial charge in [0.25, 0.3) is 0 Å². The molecule has 4 heteroatoms. The molecule has 0 atom stereocenters. The lowest BCUT2D eigenvalue weighted by Gasteiger charge is -2.07. The van der Waals surface area contributed by atoms with Crippen molar-refractivity contribution in [3.05, 3.63) is 29.6 Å². The summed E-state index contributed by atoms with van der Waals surface area (Å²) in [6, 6.07) is 4.30. The summed E-state index contributed by atoms with van der Waals surface area (Å²) in [6.45, 7) is 4.08. The molecule has 0 amide bonds. The first-order valence-corrected chi connectivity index (χ1v) is 4.93. The summed E-state index contributed by atoms with van der Waals surface area (Å²) in [7, 11) is 0. The van der Waals surface area contributed by atoms with E-state index in [-0.39, 0.29) is 5.82 Å². The number of rotatable bonds is 6. The number of hydrogen-bond donors (Lipinski definition) is 1. The van der Waals surface area contributed by atoms with Crippen molar-refractivity contribution >= 4 is 5.69 Å². The van der Waals surface area contributed by atoms with Crippen molar-refractivity contribution in [1.29, 1.82) is 0 Å². The van der Waals surface area contributed by atoms with E-state index < -0.39 is 0 Å². The van der Waals surface area contributed by atoms with Crippen LogP contribution in [-0.4, -0.2) is 19.8 Å². The fourth-order valence-corrected chi connectivity index (χ4v) is 1.14. The molecular weight excluding hydrogens is 197 g/mol. The van der Waals surface area contributed by atoms with Crippen LogP contribution in [0, 0.1) is 5.82 Å². The van der Waals surface area contributed by atoms with Crippen LogP contribution in [0.4, 0.5) is 10.1 Å². The summed E-state index contributed by atoms with van der Waals surface area (Å²) in [6.07, 6.45) is 0. The Bertz CT molecular complexity index is 305. The number of nitrogen functional groups attached to an aromatic ring is 1. The first kappa shape index (κ1) is 11.9. The minimum Gasteiger partial charge on any atom is -0.398 e. The smallest absolute Gasteiger partial charge is 0.125 e. The van der Waals surface area contributed by atoms with Gasteiger partial charge in [-0.25, -0.2) is 4.39 Å². The zero-order valence-corrected chi connectivity index (χ0v) is 8.83. The van der Waals surface area contributed by atoms with Gasteiger partial charge in [0.15, 0.2) is 0 Å². The van der Waals surface area contributed by atoms with Gasteiger partial charge >= 0.3 is 0 Å². The lowest BCUT2D eigenvalue weighted by Crippen LogP contribution is -2.05. The highest BCUT2D eigenvalue weighted by Crippen LogP contribution is 2.14. The molecule has 1 aromatic rings. The summed E-state index contributed by atoms with van der Waals surface area (Å²) in [5.41, 5.74) is 6.83. The molecule has 1 rings (SSSR count). The second-order valence-corrected chi connectivity index (χ2v) is 3.09. The van der Waals surface area contributed by atoms with E-state index in [0.29, 0.717) is 32.1 Å². The van der Waals surface area contributed by atoms with E-state index in [1.54, 1.807) is 6.07 Å². The van der Waals surface area contributed by atoms with E-state index >= 15 is 0 Å². The molecule has 0 heterocycles. The van der Waals surface area contributed by atoms with Gasteiger partial charge in [-0.3, -0.25) is 0 Å². The zero-order valence-electron chi connectivity index (χ0n) is 8.83. The van der Waals surface area contributed by atoms with Gasteiger partial charge in [0.2, 0.25) is 0 Å². The van der Waals surface area contributed by atoms with Crippen LogP contribution in [0.3, 0.4) is 0 Å². The van der Waals surface area contributed by atoms with Crippen molar-refractivity contribution in [1.82, 2.24) is 0 Å². The minimum absolute atomic E-state index is 0.328. The fraction of sp³-hybridized carbons (Fsp3) is 0.455. The van der Waals surface area contributed by atoms with E-state index in [4.69, 9.17) is 15.2 Å². The Balaban J connectivity index is 2.31. The average molecular weight is 213 g/mol. The number of nitrogens with two attached hydrogens (primary N) is 1. The van der Waals surface area contributed by atoms with Gasteiger partial charge in [-0.15, -0.1) is 0 Å². The maximum atomic E-state index is 12.7. The Kier molecular flexibility index (Phi) is 5.07. The summed E-state index contributed by atoms with van der Waals surface area (Å²) in [4.78, 5) is 0. The van der Waals surface area contributed by atoms with Crippen LogP contribution in [0.2, 0.25) is 0 Å². The summed E-state index contributed by atoms with van der Waals surface area (Å²) in [5.74, 6) is -0.328. The normalized spacial score (nSPS) is 10.5. The highest BCUT2D eigenvalue weighted by atomic mass is 19.1. The Hall–Kier alpha value is -1.13. The molecule has 0 aliphatic heterocycles. The highest BCUT2D eigenvalue weighted by molar-refractivity contribution is 5.46. The number of benzene rings is 1. The Morgan fingerprint density at radius 3 is 2.67 bits per heavy atom. The molecule has 0 aliphatic carbocycles. The van der Waals surface area contributed by atoms with Crippen LogP contribution in [0.1, 0.15) is 12.5 Å². The van der Waals surface area contributed by atoms with Crippen molar-refractivity contribution in [2.24, 2.45) is 0 Å². The van der Waals surface area contributed by atoms with Gasteiger partial charge in [0, 0.05) is 17.9 Å². The Morgan fingerprint density at radius 2 is 2.00 bits per heavy atom.